The lowest BCUT2D eigenvalue weighted by Crippen LogP contribution is -2.38. The molecule has 0 saturated heterocycles. The Hall–Kier alpha value is -1.56. The zero-order chi connectivity index (χ0) is 15.4. The van der Waals surface area contributed by atoms with Crippen LogP contribution < -0.4 is 11.3 Å². The monoisotopic (exact) mass is 314 g/mol. The highest BCUT2D eigenvalue weighted by Crippen LogP contribution is 2.20. The number of nitrogens with one attached hydrogen (secondary N) is 1. The molecule has 3 N–H and O–H groups in total. The third-order valence-corrected chi connectivity index (χ3v) is 3.54. The summed E-state index contributed by atoms with van der Waals surface area (Å²) in [4.78, 5) is 0. The van der Waals surface area contributed by atoms with E-state index in [4.69, 9.17) is 17.4 Å². The molecule has 0 spiro atoms. The maximum atomic E-state index is 13.6. The molecule has 0 aromatic heterocycles. The van der Waals surface area contributed by atoms with Crippen molar-refractivity contribution in [2.75, 3.05) is 0 Å². The van der Waals surface area contributed by atoms with E-state index in [9.17, 15) is 13.2 Å². The molecule has 2 nitrogen and oxygen atoms in total. The van der Waals surface area contributed by atoms with Crippen molar-refractivity contribution in [3.63, 3.8) is 0 Å². The van der Waals surface area contributed by atoms with E-state index in [1.165, 1.54) is 12.1 Å². The van der Waals surface area contributed by atoms with Crippen LogP contribution in [0.3, 0.4) is 0 Å². The molecule has 0 amide bonds. The predicted molar refractivity (Wildman–Crippen MR) is 76.3 cm³/mol. The number of benzene rings is 2. The molecule has 0 heterocycles. The van der Waals surface area contributed by atoms with Crippen LogP contribution >= 0.6 is 11.6 Å². The van der Waals surface area contributed by atoms with Crippen LogP contribution in [0.1, 0.15) is 11.1 Å². The van der Waals surface area contributed by atoms with Gasteiger partial charge in [0.1, 0.15) is 17.5 Å². The first-order chi connectivity index (χ1) is 9.99. The van der Waals surface area contributed by atoms with Crippen molar-refractivity contribution in [1.29, 1.82) is 0 Å². The lowest BCUT2D eigenvalue weighted by molar-refractivity contribution is 0.502. The van der Waals surface area contributed by atoms with Gasteiger partial charge in [-0.1, -0.05) is 17.7 Å². The van der Waals surface area contributed by atoms with Gasteiger partial charge in [0.2, 0.25) is 0 Å². The quantitative estimate of drug-likeness (QED) is 0.656. The van der Waals surface area contributed by atoms with E-state index in [0.29, 0.717) is 12.0 Å². The van der Waals surface area contributed by atoms with Crippen molar-refractivity contribution in [2.45, 2.75) is 18.9 Å². The minimum absolute atomic E-state index is 0.188. The van der Waals surface area contributed by atoms with Gasteiger partial charge in [-0.25, -0.2) is 13.2 Å². The van der Waals surface area contributed by atoms with Crippen LogP contribution in [0.5, 0.6) is 0 Å². The third-order valence-electron chi connectivity index (χ3n) is 3.19. The Balaban J connectivity index is 2.14. The maximum Gasteiger partial charge on any atom is 0.126 e. The van der Waals surface area contributed by atoms with Crippen molar-refractivity contribution >= 4 is 11.6 Å². The zero-order valence-corrected chi connectivity index (χ0v) is 11.8. The highest BCUT2D eigenvalue weighted by atomic mass is 35.5. The largest absolute Gasteiger partial charge is 0.271 e. The zero-order valence-electron chi connectivity index (χ0n) is 11.0. The number of nitrogens with two attached hydrogens (primary N) is 1. The highest BCUT2D eigenvalue weighted by Gasteiger charge is 2.14. The summed E-state index contributed by atoms with van der Waals surface area (Å²) in [5, 5.41) is 0.273. The number of halogens is 4. The predicted octanol–water partition coefficient (Wildman–Crippen LogP) is 3.37. The second-order valence-corrected chi connectivity index (χ2v) is 5.15. The van der Waals surface area contributed by atoms with Crippen molar-refractivity contribution in [1.82, 2.24) is 5.43 Å². The van der Waals surface area contributed by atoms with Crippen LogP contribution in [-0.2, 0) is 12.8 Å². The van der Waals surface area contributed by atoms with Crippen LogP contribution in [0.15, 0.2) is 36.4 Å². The molecule has 0 aliphatic heterocycles. The van der Waals surface area contributed by atoms with Gasteiger partial charge in [0.15, 0.2) is 0 Å². The summed E-state index contributed by atoms with van der Waals surface area (Å²) < 4.78 is 39.8. The first-order valence-electron chi connectivity index (χ1n) is 6.33. The standard InChI is InChI=1S/C15H14ClF3N2/c16-14-8-12(18)2-1-9(14)6-13(21-20)7-10-5-11(17)3-4-15(10)19/h1-5,8,13,21H,6-7,20H2. The lowest BCUT2D eigenvalue weighted by atomic mass is 9.99. The molecule has 2 rings (SSSR count). The molecule has 21 heavy (non-hydrogen) atoms. The molecule has 0 fully saturated rings. The molecule has 0 saturated carbocycles. The fourth-order valence-electron chi connectivity index (χ4n) is 2.11. The number of hydrogen-bond acceptors (Lipinski definition) is 2. The molecule has 0 aliphatic carbocycles. The topological polar surface area (TPSA) is 38.0 Å². The Kier molecular flexibility index (Phi) is 5.22. The molecule has 1 atom stereocenters. The third kappa shape index (κ3) is 4.20. The average molecular weight is 315 g/mol. The minimum atomic E-state index is -0.512. The summed E-state index contributed by atoms with van der Waals surface area (Å²) in [6.07, 6.45) is 0.555. The van der Waals surface area contributed by atoms with E-state index in [1.807, 2.05) is 0 Å². The number of hydrogen-bond donors (Lipinski definition) is 2. The summed E-state index contributed by atoms with van der Waals surface area (Å²) in [7, 11) is 0. The summed E-state index contributed by atoms with van der Waals surface area (Å²) in [5.41, 5.74) is 3.44. The maximum absolute atomic E-state index is 13.6. The van der Waals surface area contributed by atoms with Crippen LogP contribution in [0.2, 0.25) is 5.02 Å². The Morgan fingerprint density at radius 1 is 0.952 bits per heavy atom. The van der Waals surface area contributed by atoms with Gasteiger partial charge in [-0.05, 0) is 54.3 Å². The van der Waals surface area contributed by atoms with E-state index >= 15 is 0 Å². The summed E-state index contributed by atoms with van der Waals surface area (Å²) in [6.45, 7) is 0. The molecule has 0 aliphatic rings. The summed E-state index contributed by atoms with van der Waals surface area (Å²) >= 11 is 5.95. The summed E-state index contributed by atoms with van der Waals surface area (Å²) in [6, 6.07) is 6.94. The molecular weight excluding hydrogens is 301 g/mol. The lowest BCUT2D eigenvalue weighted by Gasteiger charge is -2.17. The average Bonchev–Trinajstić information content (AvgIpc) is 2.44. The van der Waals surface area contributed by atoms with Gasteiger partial charge in [0.05, 0.1) is 0 Å². The SMILES string of the molecule is NNC(Cc1cc(F)ccc1F)Cc1ccc(F)cc1Cl. The second kappa shape index (κ2) is 6.93. The Morgan fingerprint density at radius 2 is 1.57 bits per heavy atom. The van der Waals surface area contributed by atoms with Gasteiger partial charge in [-0.15, -0.1) is 0 Å². The normalized spacial score (nSPS) is 12.4. The van der Waals surface area contributed by atoms with Crippen LogP contribution in [0, 0.1) is 17.5 Å². The van der Waals surface area contributed by atoms with Crippen LogP contribution in [-0.4, -0.2) is 6.04 Å². The van der Waals surface area contributed by atoms with E-state index in [0.717, 1.165) is 18.2 Å². The van der Waals surface area contributed by atoms with E-state index in [-0.39, 0.29) is 23.0 Å². The smallest absolute Gasteiger partial charge is 0.126 e. The molecule has 2 aromatic rings. The van der Waals surface area contributed by atoms with Crippen molar-refractivity contribution in [3.8, 4) is 0 Å². The fraction of sp³-hybridized carbons (Fsp3) is 0.200. The Labute approximate surface area is 125 Å². The van der Waals surface area contributed by atoms with Gasteiger partial charge < -0.3 is 0 Å². The highest BCUT2D eigenvalue weighted by molar-refractivity contribution is 6.31. The molecule has 2 aromatic carbocycles. The number of rotatable bonds is 5. The fourth-order valence-corrected chi connectivity index (χ4v) is 2.35. The van der Waals surface area contributed by atoms with Gasteiger partial charge in [-0.2, -0.15) is 0 Å². The van der Waals surface area contributed by atoms with Gasteiger partial charge >= 0.3 is 0 Å². The van der Waals surface area contributed by atoms with Gasteiger partial charge in [0.25, 0.3) is 0 Å². The molecule has 6 heteroatoms. The number of hydrazine groups is 1. The molecular formula is C15H14ClF3N2. The molecule has 112 valence electrons. The van der Waals surface area contributed by atoms with E-state index < -0.39 is 17.5 Å². The van der Waals surface area contributed by atoms with Gasteiger partial charge in [0, 0.05) is 11.1 Å². The minimum Gasteiger partial charge on any atom is -0.271 e. The van der Waals surface area contributed by atoms with Crippen molar-refractivity contribution in [2.24, 2.45) is 5.84 Å². The Morgan fingerprint density at radius 3 is 2.24 bits per heavy atom. The second-order valence-electron chi connectivity index (χ2n) is 4.74. The van der Waals surface area contributed by atoms with Crippen LogP contribution in [0.4, 0.5) is 13.2 Å². The first-order valence-corrected chi connectivity index (χ1v) is 6.71. The molecule has 0 bridgehead atoms. The van der Waals surface area contributed by atoms with Gasteiger partial charge in [-0.3, -0.25) is 11.3 Å². The Bertz CT molecular complexity index is 634. The van der Waals surface area contributed by atoms with Crippen molar-refractivity contribution in [3.05, 3.63) is 70.0 Å². The van der Waals surface area contributed by atoms with Crippen LogP contribution in [0.25, 0.3) is 0 Å². The van der Waals surface area contributed by atoms with E-state index in [1.54, 1.807) is 6.07 Å². The summed E-state index contributed by atoms with van der Waals surface area (Å²) in [5.74, 6) is 4.01. The molecule has 0 radical (unpaired) electrons. The molecule has 1 unspecified atom stereocenters. The first kappa shape index (κ1) is 15.8. The van der Waals surface area contributed by atoms with E-state index in [2.05, 4.69) is 5.43 Å². The van der Waals surface area contributed by atoms with Crippen molar-refractivity contribution < 1.29 is 13.2 Å².